The Bertz CT molecular complexity index is 1200. The predicted octanol–water partition coefficient (Wildman–Crippen LogP) is 4.50. The van der Waals surface area contributed by atoms with Crippen LogP contribution in [0.3, 0.4) is 0 Å². The summed E-state index contributed by atoms with van der Waals surface area (Å²) in [5.74, 6) is 0.354. The average Bonchev–Trinajstić information content (AvgIpc) is 3.48. The molecule has 2 heterocycles. The van der Waals surface area contributed by atoms with Crippen molar-refractivity contribution in [3.8, 4) is 0 Å². The van der Waals surface area contributed by atoms with Gasteiger partial charge in [-0.25, -0.2) is 4.79 Å². The summed E-state index contributed by atoms with van der Waals surface area (Å²) >= 11 is 0. The number of hydrogen-bond acceptors (Lipinski definition) is 8. The maximum absolute atomic E-state index is 13.7. The Labute approximate surface area is 236 Å². The van der Waals surface area contributed by atoms with E-state index in [-0.39, 0.29) is 60.4 Å². The molecule has 0 aromatic rings. The molecule has 4 fully saturated rings. The van der Waals surface area contributed by atoms with Gasteiger partial charge in [0.25, 0.3) is 0 Å². The minimum atomic E-state index is -0.800. The number of esters is 3. The Kier molecular flexibility index (Phi) is 6.60. The highest BCUT2D eigenvalue weighted by Crippen LogP contribution is 2.73. The van der Waals surface area contributed by atoms with Crippen molar-refractivity contribution in [2.24, 2.45) is 40.4 Å². The first-order valence-electron chi connectivity index (χ1n) is 15.0. The molecule has 2 aliphatic heterocycles. The molecular weight excluding hydrogens is 512 g/mol. The molecule has 6 aliphatic rings. The summed E-state index contributed by atoms with van der Waals surface area (Å²) in [6.07, 6.45) is 9.78. The van der Waals surface area contributed by atoms with Gasteiger partial charge in [-0.15, -0.1) is 0 Å². The van der Waals surface area contributed by atoms with Crippen LogP contribution in [0.4, 0.5) is 0 Å². The van der Waals surface area contributed by atoms with E-state index in [9.17, 15) is 19.2 Å². The third-order valence-corrected chi connectivity index (χ3v) is 12.0. The second kappa shape index (κ2) is 9.53. The van der Waals surface area contributed by atoms with Crippen LogP contribution in [-0.2, 0) is 38.1 Å². The van der Waals surface area contributed by atoms with Gasteiger partial charge in [-0.2, -0.15) is 0 Å². The van der Waals surface area contributed by atoms with Crippen molar-refractivity contribution in [2.45, 2.75) is 97.4 Å². The topological polar surface area (TPSA) is 108 Å². The fourth-order valence-corrected chi connectivity index (χ4v) is 10.1. The van der Waals surface area contributed by atoms with Crippen molar-refractivity contribution >= 4 is 23.7 Å². The normalized spacial score (nSPS) is 44.0. The van der Waals surface area contributed by atoms with E-state index in [1.165, 1.54) is 13.8 Å². The van der Waals surface area contributed by atoms with E-state index in [1.54, 1.807) is 6.08 Å². The highest BCUT2D eigenvalue weighted by atomic mass is 16.6. The van der Waals surface area contributed by atoms with Crippen LogP contribution < -0.4 is 0 Å². The number of epoxide rings is 1. The summed E-state index contributed by atoms with van der Waals surface area (Å²) in [6, 6.07) is 0. The Morgan fingerprint density at radius 1 is 1.10 bits per heavy atom. The van der Waals surface area contributed by atoms with Crippen LogP contribution in [0.2, 0.25) is 0 Å². The molecule has 40 heavy (non-hydrogen) atoms. The molecule has 0 aromatic heterocycles. The average molecular weight is 555 g/mol. The van der Waals surface area contributed by atoms with Gasteiger partial charge in [0.1, 0.15) is 30.3 Å². The molecule has 0 amide bonds. The van der Waals surface area contributed by atoms with Crippen LogP contribution in [-0.4, -0.2) is 54.7 Å². The minimum Gasteiger partial charge on any atom is -0.465 e. The van der Waals surface area contributed by atoms with E-state index in [2.05, 4.69) is 13.8 Å². The monoisotopic (exact) mass is 554 g/mol. The molecule has 8 heteroatoms. The molecule has 0 radical (unpaired) electrons. The summed E-state index contributed by atoms with van der Waals surface area (Å²) in [6.45, 7) is 9.38. The van der Waals surface area contributed by atoms with Gasteiger partial charge in [0.05, 0.1) is 11.7 Å². The number of ether oxygens (including phenoxy) is 4. The summed E-state index contributed by atoms with van der Waals surface area (Å²) in [4.78, 5) is 49.8. The van der Waals surface area contributed by atoms with Crippen LogP contribution >= 0.6 is 0 Å². The highest BCUT2D eigenvalue weighted by Gasteiger charge is 2.79. The van der Waals surface area contributed by atoms with E-state index in [0.29, 0.717) is 36.2 Å². The molecule has 0 bridgehead atoms. The van der Waals surface area contributed by atoms with Crippen molar-refractivity contribution < 1.29 is 38.1 Å². The molecule has 1 saturated heterocycles. The molecule has 8 nitrogen and oxygen atoms in total. The van der Waals surface area contributed by atoms with E-state index in [1.807, 2.05) is 13.0 Å². The molecule has 3 saturated carbocycles. The Balaban J connectivity index is 1.24. The number of carbonyl (C=O) groups is 4. The zero-order valence-electron chi connectivity index (χ0n) is 24.3. The van der Waals surface area contributed by atoms with Crippen molar-refractivity contribution in [2.75, 3.05) is 13.2 Å². The maximum atomic E-state index is 13.7. The third-order valence-electron chi connectivity index (χ3n) is 12.0. The first-order valence-corrected chi connectivity index (χ1v) is 15.0. The largest absolute Gasteiger partial charge is 0.465 e. The Morgan fingerprint density at radius 3 is 2.55 bits per heavy atom. The number of ketones is 1. The summed E-state index contributed by atoms with van der Waals surface area (Å²) in [5.41, 5.74) is 0.120. The third kappa shape index (κ3) is 3.87. The van der Waals surface area contributed by atoms with Crippen molar-refractivity contribution in [3.63, 3.8) is 0 Å². The second-order valence-electron chi connectivity index (χ2n) is 13.6. The first-order chi connectivity index (χ1) is 18.9. The highest BCUT2D eigenvalue weighted by molar-refractivity contribution is 5.98. The van der Waals surface area contributed by atoms with Crippen molar-refractivity contribution in [3.05, 3.63) is 23.3 Å². The van der Waals surface area contributed by atoms with Gasteiger partial charge in [-0.1, -0.05) is 25.5 Å². The zero-order valence-corrected chi connectivity index (χ0v) is 24.3. The number of fused-ring (bicyclic) bond motifs is 4. The first kappa shape index (κ1) is 27.7. The number of cyclic esters (lactones) is 1. The smallest absolute Gasteiger partial charge is 0.337 e. The Morgan fingerprint density at radius 2 is 1.85 bits per heavy atom. The zero-order chi connectivity index (χ0) is 28.6. The van der Waals surface area contributed by atoms with Gasteiger partial charge in [0, 0.05) is 20.3 Å². The van der Waals surface area contributed by atoms with Gasteiger partial charge in [-0.05, 0) is 86.5 Å². The predicted molar refractivity (Wildman–Crippen MR) is 144 cm³/mol. The van der Waals surface area contributed by atoms with Gasteiger partial charge in [-0.3, -0.25) is 14.4 Å². The molecule has 0 N–H and O–H groups in total. The summed E-state index contributed by atoms with van der Waals surface area (Å²) in [5, 5.41) is 0. The molecule has 0 aromatic carbocycles. The molecule has 0 unspecified atom stereocenters. The van der Waals surface area contributed by atoms with Crippen LogP contribution in [0.25, 0.3) is 0 Å². The van der Waals surface area contributed by atoms with Crippen molar-refractivity contribution in [1.82, 2.24) is 0 Å². The van der Waals surface area contributed by atoms with Crippen LogP contribution in [0, 0.1) is 40.4 Å². The van der Waals surface area contributed by atoms with E-state index in [0.717, 1.165) is 37.7 Å². The van der Waals surface area contributed by atoms with E-state index >= 15 is 0 Å². The maximum Gasteiger partial charge on any atom is 0.337 e. The SMILES string of the molecule is CC(=O)OCC1=C(C)C[C@H]([C@@H](C)[C@H]2CC[C@H]3[C@@H]4C[C@H]5O[C@]56CC=CC(=O)[C@]6(COC(C)=O)[C@H]4CC[C@]23C)OC1=O. The number of carbonyl (C=O) groups excluding carboxylic acids is 4. The molecule has 4 aliphatic carbocycles. The number of allylic oxidation sites excluding steroid dienone is 1. The quantitative estimate of drug-likeness (QED) is 0.268. The van der Waals surface area contributed by atoms with E-state index in [4.69, 9.17) is 18.9 Å². The fraction of sp³-hybridized carbons (Fsp3) is 0.750. The standard InChI is InChI=1S/C32H42O8/c1-17-13-26(39-29(36)22(17)15-37-19(3)33)18(2)23-8-9-24-21-14-28-32(40-28)11-6-7-27(35)31(32,16-38-20(4)34)25(21)10-12-30(23,24)5/h6-7,18,21,23-26,28H,8-16H2,1-5H3/t18-,21-,23+,24-,25-,26+,28+,30+,31-,32+/m0/s1. The summed E-state index contributed by atoms with van der Waals surface area (Å²) in [7, 11) is 0. The minimum absolute atomic E-state index is 0.0276. The number of rotatable bonds is 6. The van der Waals surface area contributed by atoms with Gasteiger partial charge >= 0.3 is 17.9 Å². The summed E-state index contributed by atoms with van der Waals surface area (Å²) < 4.78 is 23.1. The van der Waals surface area contributed by atoms with Gasteiger partial charge < -0.3 is 18.9 Å². The van der Waals surface area contributed by atoms with Crippen molar-refractivity contribution in [1.29, 1.82) is 0 Å². The molecule has 6 rings (SSSR count). The molecule has 10 atom stereocenters. The number of hydrogen-bond donors (Lipinski definition) is 0. The lowest BCUT2D eigenvalue weighted by molar-refractivity contribution is -0.167. The van der Waals surface area contributed by atoms with Crippen LogP contribution in [0.5, 0.6) is 0 Å². The lowest BCUT2D eigenvalue weighted by Gasteiger charge is -2.58. The van der Waals surface area contributed by atoms with Crippen LogP contribution in [0.1, 0.15) is 79.6 Å². The lowest BCUT2D eigenvalue weighted by atomic mass is 9.44. The molecule has 218 valence electrons. The lowest BCUT2D eigenvalue weighted by Crippen LogP contribution is -2.63. The second-order valence-corrected chi connectivity index (χ2v) is 13.6. The van der Waals surface area contributed by atoms with Gasteiger partial charge in [0.2, 0.25) is 0 Å². The van der Waals surface area contributed by atoms with E-state index < -0.39 is 17.0 Å². The molecular formula is C32H42O8. The molecule has 1 spiro atoms. The van der Waals surface area contributed by atoms with Crippen LogP contribution in [0.15, 0.2) is 23.3 Å². The fourth-order valence-electron chi connectivity index (χ4n) is 10.1. The van der Waals surface area contributed by atoms with Gasteiger partial charge in [0.15, 0.2) is 5.78 Å². The Hall–Kier alpha value is -2.48.